The van der Waals surface area contributed by atoms with E-state index >= 15 is 0 Å². The zero-order valence-electron chi connectivity index (χ0n) is 15.3. The Morgan fingerprint density at radius 3 is 2.64 bits per heavy atom. The van der Waals surface area contributed by atoms with Crippen molar-refractivity contribution in [2.45, 2.75) is 19.1 Å². The van der Waals surface area contributed by atoms with Gasteiger partial charge in [0.05, 0.1) is 24.8 Å². The highest BCUT2D eigenvalue weighted by Crippen LogP contribution is 2.24. The molecule has 1 atom stereocenters. The number of para-hydroxylation sites is 1. The molecule has 0 saturated carbocycles. The van der Waals surface area contributed by atoms with Crippen LogP contribution in [-0.2, 0) is 17.8 Å². The number of carboxylic acid groups (broad SMARTS) is 1. The van der Waals surface area contributed by atoms with E-state index in [-0.39, 0.29) is 13.0 Å². The van der Waals surface area contributed by atoms with Crippen LogP contribution in [0.1, 0.15) is 22.9 Å². The average Bonchev–Trinajstić information content (AvgIpc) is 2.72. The minimum atomic E-state index is -0.896. The molecule has 6 nitrogen and oxygen atoms in total. The SMILES string of the molecule is NC(CO)c1cc(-c2cccc(COc3ccccc3CC(=O)O)c2)ccn1. The largest absolute Gasteiger partial charge is 0.489 e. The summed E-state index contributed by atoms with van der Waals surface area (Å²) in [5.74, 6) is -0.331. The van der Waals surface area contributed by atoms with Gasteiger partial charge in [0, 0.05) is 11.8 Å². The molecule has 0 aliphatic rings. The normalized spacial score (nSPS) is 11.8. The average molecular weight is 378 g/mol. The fourth-order valence-corrected chi connectivity index (χ4v) is 2.88. The van der Waals surface area contributed by atoms with Crippen LogP contribution < -0.4 is 10.5 Å². The lowest BCUT2D eigenvalue weighted by Crippen LogP contribution is -2.15. The van der Waals surface area contributed by atoms with E-state index in [4.69, 9.17) is 15.6 Å². The summed E-state index contributed by atoms with van der Waals surface area (Å²) in [4.78, 5) is 15.2. The van der Waals surface area contributed by atoms with E-state index in [0.29, 0.717) is 23.6 Å². The molecule has 3 rings (SSSR count). The van der Waals surface area contributed by atoms with Crippen molar-refractivity contribution in [1.82, 2.24) is 4.98 Å². The molecule has 144 valence electrons. The van der Waals surface area contributed by atoms with Gasteiger partial charge in [0.1, 0.15) is 12.4 Å². The summed E-state index contributed by atoms with van der Waals surface area (Å²) in [5, 5.41) is 18.3. The number of ether oxygens (including phenoxy) is 1. The van der Waals surface area contributed by atoms with E-state index in [2.05, 4.69) is 4.98 Å². The summed E-state index contributed by atoms with van der Waals surface area (Å²) in [7, 11) is 0. The molecular formula is C22H22N2O4. The maximum absolute atomic E-state index is 11.0. The number of aliphatic hydroxyl groups excluding tert-OH is 1. The Morgan fingerprint density at radius 1 is 1.07 bits per heavy atom. The van der Waals surface area contributed by atoms with Crippen molar-refractivity contribution in [1.29, 1.82) is 0 Å². The number of rotatable bonds is 8. The van der Waals surface area contributed by atoms with Crippen molar-refractivity contribution < 1.29 is 19.7 Å². The Kier molecular flexibility index (Phi) is 6.37. The molecule has 0 fully saturated rings. The van der Waals surface area contributed by atoms with Crippen molar-refractivity contribution in [2.24, 2.45) is 5.73 Å². The van der Waals surface area contributed by atoms with Crippen LogP contribution in [0.4, 0.5) is 0 Å². The van der Waals surface area contributed by atoms with Crippen molar-refractivity contribution >= 4 is 5.97 Å². The number of benzene rings is 2. The maximum Gasteiger partial charge on any atom is 0.307 e. The van der Waals surface area contributed by atoms with Gasteiger partial charge in [-0.15, -0.1) is 0 Å². The van der Waals surface area contributed by atoms with Crippen LogP contribution in [0, 0.1) is 0 Å². The van der Waals surface area contributed by atoms with E-state index in [1.807, 2.05) is 42.5 Å². The molecule has 4 N–H and O–H groups in total. The molecule has 0 radical (unpaired) electrons. The molecule has 28 heavy (non-hydrogen) atoms. The van der Waals surface area contributed by atoms with Gasteiger partial charge in [-0.05, 0) is 41.0 Å². The molecule has 6 heteroatoms. The highest BCUT2D eigenvalue weighted by Gasteiger charge is 2.10. The van der Waals surface area contributed by atoms with Crippen molar-refractivity contribution in [3.63, 3.8) is 0 Å². The van der Waals surface area contributed by atoms with Crippen LogP contribution in [-0.4, -0.2) is 27.8 Å². The summed E-state index contributed by atoms with van der Waals surface area (Å²) >= 11 is 0. The first-order valence-corrected chi connectivity index (χ1v) is 8.91. The van der Waals surface area contributed by atoms with Gasteiger partial charge >= 0.3 is 5.97 Å². The van der Waals surface area contributed by atoms with Gasteiger partial charge in [-0.25, -0.2) is 0 Å². The predicted molar refractivity (Wildman–Crippen MR) is 106 cm³/mol. The number of aliphatic carboxylic acids is 1. The molecule has 0 saturated heterocycles. The number of aliphatic hydroxyl groups is 1. The number of hydrogen-bond acceptors (Lipinski definition) is 5. The van der Waals surface area contributed by atoms with Gasteiger partial charge in [-0.3, -0.25) is 9.78 Å². The fraction of sp³-hybridized carbons (Fsp3) is 0.182. The Hall–Kier alpha value is -3.22. The van der Waals surface area contributed by atoms with E-state index in [0.717, 1.165) is 16.7 Å². The molecule has 0 spiro atoms. The first-order chi connectivity index (χ1) is 13.6. The van der Waals surface area contributed by atoms with Gasteiger partial charge in [-0.2, -0.15) is 0 Å². The van der Waals surface area contributed by atoms with Crippen molar-refractivity contribution in [2.75, 3.05) is 6.61 Å². The molecule has 0 bridgehead atoms. The standard InChI is InChI=1S/C22H22N2O4/c23-19(13-25)20-11-17(8-9-24-20)16-6-3-4-15(10-16)14-28-21-7-2-1-5-18(21)12-22(26)27/h1-11,19,25H,12-14,23H2,(H,26,27). The van der Waals surface area contributed by atoms with Crippen LogP contribution in [0.5, 0.6) is 5.75 Å². The second kappa shape index (κ2) is 9.12. The predicted octanol–water partition coefficient (Wildman–Crippen LogP) is 2.95. The third kappa shape index (κ3) is 4.94. The zero-order chi connectivity index (χ0) is 19.9. The molecular weight excluding hydrogens is 356 g/mol. The molecule has 3 aromatic rings. The molecule has 2 aromatic carbocycles. The summed E-state index contributed by atoms with van der Waals surface area (Å²) < 4.78 is 5.87. The Morgan fingerprint density at radius 2 is 1.86 bits per heavy atom. The minimum Gasteiger partial charge on any atom is -0.489 e. The number of carbonyl (C=O) groups is 1. The van der Waals surface area contributed by atoms with Gasteiger partial charge in [-0.1, -0.05) is 36.4 Å². The third-order valence-electron chi connectivity index (χ3n) is 4.33. The summed E-state index contributed by atoms with van der Waals surface area (Å²) in [6.45, 7) is 0.151. The number of aromatic nitrogens is 1. The van der Waals surface area contributed by atoms with Crippen LogP contribution in [0.15, 0.2) is 66.9 Å². The van der Waals surface area contributed by atoms with Crippen molar-refractivity contribution in [3.05, 3.63) is 83.7 Å². The Bertz CT molecular complexity index is 959. The molecule has 0 amide bonds. The highest BCUT2D eigenvalue weighted by molar-refractivity contribution is 5.71. The number of pyridine rings is 1. The maximum atomic E-state index is 11.0. The Balaban J connectivity index is 1.77. The molecule has 1 aromatic heterocycles. The van der Waals surface area contributed by atoms with Crippen molar-refractivity contribution in [3.8, 4) is 16.9 Å². The number of hydrogen-bond donors (Lipinski definition) is 3. The van der Waals surface area contributed by atoms with Crippen LogP contribution >= 0.6 is 0 Å². The second-order valence-electron chi connectivity index (χ2n) is 6.43. The van der Waals surface area contributed by atoms with Gasteiger partial charge in [0.25, 0.3) is 0 Å². The topological polar surface area (TPSA) is 106 Å². The summed E-state index contributed by atoms with van der Waals surface area (Å²) in [6, 6.07) is 18.2. The fourth-order valence-electron chi connectivity index (χ4n) is 2.88. The van der Waals surface area contributed by atoms with E-state index in [9.17, 15) is 9.90 Å². The highest BCUT2D eigenvalue weighted by atomic mass is 16.5. The quantitative estimate of drug-likeness (QED) is 0.556. The number of nitrogens with two attached hydrogens (primary N) is 1. The van der Waals surface area contributed by atoms with Gasteiger partial charge in [0.2, 0.25) is 0 Å². The van der Waals surface area contributed by atoms with Crippen LogP contribution in [0.3, 0.4) is 0 Å². The Labute approximate surface area is 163 Å². The monoisotopic (exact) mass is 378 g/mol. The molecule has 0 aliphatic heterocycles. The molecule has 0 aliphatic carbocycles. The summed E-state index contributed by atoms with van der Waals surface area (Å²) in [6.07, 6.45) is 1.59. The van der Waals surface area contributed by atoms with E-state index < -0.39 is 12.0 Å². The smallest absolute Gasteiger partial charge is 0.307 e. The number of nitrogens with zero attached hydrogens (tertiary/aromatic N) is 1. The third-order valence-corrected chi connectivity index (χ3v) is 4.33. The van der Waals surface area contributed by atoms with E-state index in [1.165, 1.54) is 0 Å². The first kappa shape index (κ1) is 19.5. The molecule has 1 unspecified atom stereocenters. The second-order valence-corrected chi connectivity index (χ2v) is 6.43. The van der Waals surface area contributed by atoms with Gasteiger partial charge < -0.3 is 20.7 Å². The lowest BCUT2D eigenvalue weighted by atomic mass is 10.0. The zero-order valence-corrected chi connectivity index (χ0v) is 15.3. The van der Waals surface area contributed by atoms with E-state index in [1.54, 1.807) is 24.4 Å². The molecule has 1 heterocycles. The lowest BCUT2D eigenvalue weighted by Gasteiger charge is -2.12. The van der Waals surface area contributed by atoms with Gasteiger partial charge in [0.15, 0.2) is 0 Å². The first-order valence-electron chi connectivity index (χ1n) is 8.91. The number of carboxylic acids is 1. The lowest BCUT2D eigenvalue weighted by molar-refractivity contribution is -0.136. The minimum absolute atomic E-state index is 0.0822. The van der Waals surface area contributed by atoms with Crippen LogP contribution in [0.2, 0.25) is 0 Å². The summed E-state index contributed by atoms with van der Waals surface area (Å²) in [5.41, 5.74) is 10.0. The van der Waals surface area contributed by atoms with Crippen LogP contribution in [0.25, 0.3) is 11.1 Å².